The van der Waals surface area contributed by atoms with Gasteiger partial charge in [-0.15, -0.1) is 0 Å². The van der Waals surface area contributed by atoms with Gasteiger partial charge in [-0.1, -0.05) is 24.3 Å². The number of nitrogens with zero attached hydrogens (tertiary/aromatic N) is 3. The quantitative estimate of drug-likeness (QED) is 0.514. The summed E-state index contributed by atoms with van der Waals surface area (Å²) in [7, 11) is 0. The average Bonchev–Trinajstić information content (AvgIpc) is 3.00. The summed E-state index contributed by atoms with van der Waals surface area (Å²) in [5, 5.41) is 14.8. The minimum absolute atomic E-state index is 0.0696. The van der Waals surface area contributed by atoms with E-state index >= 15 is 0 Å². The molecule has 0 fully saturated rings. The smallest absolute Gasteiger partial charge is 0.270 e. The molecular formula is C16H16N4O3S. The van der Waals surface area contributed by atoms with Gasteiger partial charge in [-0.05, 0) is 18.6 Å². The average molecular weight is 344 g/mol. The molecule has 124 valence electrons. The van der Waals surface area contributed by atoms with Crippen molar-refractivity contribution >= 4 is 32.4 Å². The molecule has 3 rings (SSSR count). The van der Waals surface area contributed by atoms with Gasteiger partial charge in [-0.2, -0.15) is 0 Å². The van der Waals surface area contributed by atoms with Crippen LogP contribution in [0.5, 0.6) is 5.88 Å². The predicted molar refractivity (Wildman–Crippen MR) is 93.6 cm³/mol. The van der Waals surface area contributed by atoms with Crippen molar-refractivity contribution in [2.24, 2.45) is 0 Å². The van der Waals surface area contributed by atoms with Crippen LogP contribution in [0.2, 0.25) is 0 Å². The number of hydrogen-bond acceptors (Lipinski definition) is 7. The van der Waals surface area contributed by atoms with E-state index in [2.05, 4.69) is 15.3 Å². The molecule has 1 N–H and O–H groups in total. The van der Waals surface area contributed by atoms with E-state index in [0.29, 0.717) is 24.2 Å². The minimum atomic E-state index is -0.404. The van der Waals surface area contributed by atoms with Crippen molar-refractivity contribution in [1.82, 2.24) is 9.97 Å². The molecule has 0 aliphatic rings. The van der Waals surface area contributed by atoms with Crippen LogP contribution in [0.15, 0.2) is 36.5 Å². The summed E-state index contributed by atoms with van der Waals surface area (Å²) in [4.78, 5) is 19.1. The molecule has 0 atom stereocenters. The Labute approximate surface area is 142 Å². The molecule has 8 heteroatoms. The number of benzene rings is 1. The highest BCUT2D eigenvalue weighted by Crippen LogP contribution is 2.29. The number of nitrogens with one attached hydrogen (secondary N) is 1. The maximum absolute atomic E-state index is 10.8. The van der Waals surface area contributed by atoms with Crippen molar-refractivity contribution in [3.63, 3.8) is 0 Å². The Bertz CT molecular complexity index is 865. The zero-order valence-electron chi connectivity index (χ0n) is 13.1. The maximum atomic E-state index is 10.8. The predicted octanol–water partition coefficient (Wildman–Crippen LogP) is 4.00. The van der Waals surface area contributed by atoms with Crippen LogP contribution in [0.25, 0.3) is 10.2 Å². The zero-order chi connectivity index (χ0) is 16.9. The summed E-state index contributed by atoms with van der Waals surface area (Å²) >= 11 is 1.38. The third-order valence-electron chi connectivity index (χ3n) is 3.31. The summed E-state index contributed by atoms with van der Waals surface area (Å²) in [6, 6.07) is 8.47. The highest BCUT2D eigenvalue weighted by Gasteiger charge is 2.11. The largest absolute Gasteiger partial charge is 0.477 e. The van der Waals surface area contributed by atoms with Crippen molar-refractivity contribution in [2.75, 3.05) is 11.9 Å². The summed E-state index contributed by atoms with van der Waals surface area (Å²) < 4.78 is 6.41. The van der Waals surface area contributed by atoms with Gasteiger partial charge in [0.1, 0.15) is 0 Å². The molecule has 0 spiro atoms. The van der Waals surface area contributed by atoms with Gasteiger partial charge in [0.05, 0.1) is 21.7 Å². The fourth-order valence-electron chi connectivity index (χ4n) is 2.16. The lowest BCUT2D eigenvalue weighted by molar-refractivity contribution is -0.384. The van der Waals surface area contributed by atoms with Gasteiger partial charge in [0, 0.05) is 30.4 Å². The van der Waals surface area contributed by atoms with E-state index in [1.807, 2.05) is 19.1 Å². The number of hydrogen-bond donors (Lipinski definition) is 1. The molecule has 24 heavy (non-hydrogen) atoms. The lowest BCUT2D eigenvalue weighted by Crippen LogP contribution is -2.05. The summed E-state index contributed by atoms with van der Waals surface area (Å²) in [5.41, 5.74) is 1.75. The number of pyridine rings is 1. The first-order valence-corrected chi connectivity index (χ1v) is 8.34. The van der Waals surface area contributed by atoms with Crippen molar-refractivity contribution in [3.05, 3.63) is 52.2 Å². The normalized spacial score (nSPS) is 10.7. The number of non-ortho nitro benzene ring substituents is 1. The molecule has 2 aromatic heterocycles. The molecule has 0 aliphatic carbocycles. The van der Waals surface area contributed by atoms with Gasteiger partial charge >= 0.3 is 0 Å². The summed E-state index contributed by atoms with van der Waals surface area (Å²) in [6.45, 7) is 3.19. The van der Waals surface area contributed by atoms with Crippen LogP contribution < -0.4 is 10.1 Å². The number of aromatic nitrogens is 2. The third-order valence-corrected chi connectivity index (χ3v) is 4.28. The minimum Gasteiger partial charge on any atom is -0.477 e. The van der Waals surface area contributed by atoms with Gasteiger partial charge in [0.2, 0.25) is 5.88 Å². The lowest BCUT2D eigenvalue weighted by atomic mass is 10.2. The van der Waals surface area contributed by atoms with E-state index in [9.17, 15) is 10.1 Å². The van der Waals surface area contributed by atoms with Gasteiger partial charge in [0.15, 0.2) is 5.13 Å². The highest BCUT2D eigenvalue weighted by atomic mass is 32.1. The van der Waals surface area contributed by atoms with Gasteiger partial charge < -0.3 is 10.1 Å². The summed E-state index contributed by atoms with van der Waals surface area (Å²) in [6.07, 6.45) is 2.62. The van der Waals surface area contributed by atoms with Crippen molar-refractivity contribution in [1.29, 1.82) is 0 Å². The standard InChI is InChI=1S/C16H16N4O3S/c1-2-8-23-15-11(4-3-7-17-15)10-18-16-19-13-6-5-12(20(21)22)9-14(13)24-16/h3-7,9H,2,8,10H2,1H3,(H,18,19). The Morgan fingerprint density at radius 2 is 2.25 bits per heavy atom. The van der Waals surface area contributed by atoms with E-state index in [1.54, 1.807) is 12.3 Å². The van der Waals surface area contributed by atoms with E-state index in [-0.39, 0.29) is 5.69 Å². The monoisotopic (exact) mass is 344 g/mol. The Morgan fingerprint density at radius 3 is 3.04 bits per heavy atom. The Balaban J connectivity index is 1.75. The molecule has 0 amide bonds. The van der Waals surface area contributed by atoms with Crippen LogP contribution in [0.4, 0.5) is 10.8 Å². The second-order valence-corrected chi connectivity index (χ2v) is 6.13. The number of anilines is 1. The molecular weight excluding hydrogens is 328 g/mol. The Kier molecular flexibility index (Phi) is 4.85. The fourth-order valence-corrected chi connectivity index (χ4v) is 3.06. The van der Waals surface area contributed by atoms with Gasteiger partial charge in [-0.25, -0.2) is 9.97 Å². The number of rotatable bonds is 7. The van der Waals surface area contributed by atoms with Crippen molar-refractivity contribution in [3.8, 4) is 5.88 Å². The molecule has 0 bridgehead atoms. The second kappa shape index (κ2) is 7.22. The SMILES string of the molecule is CCCOc1ncccc1CNc1nc2ccc([N+](=O)[O-])cc2s1. The van der Waals surface area contributed by atoms with Crippen molar-refractivity contribution in [2.45, 2.75) is 19.9 Å². The number of ether oxygens (including phenoxy) is 1. The number of nitro groups is 1. The third kappa shape index (κ3) is 3.60. The topological polar surface area (TPSA) is 90.2 Å². The number of fused-ring (bicyclic) bond motifs is 1. The molecule has 0 saturated heterocycles. The molecule has 2 heterocycles. The van der Waals surface area contributed by atoms with Crippen LogP contribution in [-0.2, 0) is 6.54 Å². The van der Waals surface area contributed by atoms with E-state index in [4.69, 9.17) is 4.74 Å². The molecule has 1 aromatic carbocycles. The van der Waals surface area contributed by atoms with Crippen LogP contribution in [0.3, 0.4) is 0 Å². The van der Waals surface area contributed by atoms with Gasteiger partial charge in [0.25, 0.3) is 5.69 Å². The zero-order valence-corrected chi connectivity index (χ0v) is 13.9. The lowest BCUT2D eigenvalue weighted by Gasteiger charge is -2.09. The molecule has 0 radical (unpaired) electrons. The number of nitro benzene ring substituents is 1. The summed E-state index contributed by atoms with van der Waals surface area (Å²) in [5.74, 6) is 0.614. The Hall–Kier alpha value is -2.74. The van der Waals surface area contributed by atoms with Crippen LogP contribution in [-0.4, -0.2) is 21.5 Å². The van der Waals surface area contributed by atoms with Crippen LogP contribution in [0.1, 0.15) is 18.9 Å². The highest BCUT2D eigenvalue weighted by molar-refractivity contribution is 7.22. The second-order valence-electron chi connectivity index (χ2n) is 5.10. The first kappa shape index (κ1) is 16.1. The molecule has 0 aliphatic heterocycles. The van der Waals surface area contributed by atoms with Crippen LogP contribution in [0, 0.1) is 10.1 Å². The van der Waals surface area contributed by atoms with E-state index in [0.717, 1.165) is 22.2 Å². The van der Waals surface area contributed by atoms with E-state index in [1.165, 1.54) is 23.5 Å². The van der Waals surface area contributed by atoms with Crippen molar-refractivity contribution < 1.29 is 9.66 Å². The molecule has 0 unspecified atom stereocenters. The van der Waals surface area contributed by atoms with E-state index < -0.39 is 4.92 Å². The molecule has 0 saturated carbocycles. The van der Waals surface area contributed by atoms with Crippen LogP contribution >= 0.6 is 11.3 Å². The molecule has 3 aromatic rings. The first-order valence-electron chi connectivity index (χ1n) is 7.53. The van der Waals surface area contributed by atoms with Gasteiger partial charge in [-0.3, -0.25) is 10.1 Å². The molecule has 7 nitrogen and oxygen atoms in total. The first-order chi connectivity index (χ1) is 11.7. The maximum Gasteiger partial charge on any atom is 0.270 e. The fraction of sp³-hybridized carbons (Fsp3) is 0.250. The number of thiazole rings is 1. The Morgan fingerprint density at radius 1 is 1.38 bits per heavy atom.